The van der Waals surface area contributed by atoms with Crippen molar-refractivity contribution >= 4 is 23.0 Å². The van der Waals surface area contributed by atoms with E-state index in [0.717, 1.165) is 49.1 Å². The highest BCUT2D eigenvalue weighted by atomic mass is 32.1. The summed E-state index contributed by atoms with van der Waals surface area (Å²) in [4.78, 5) is 2.21. The van der Waals surface area contributed by atoms with Gasteiger partial charge in [0.05, 0.1) is 0 Å². The molecule has 0 unspecified atom stereocenters. The van der Waals surface area contributed by atoms with Crippen molar-refractivity contribution in [3.05, 3.63) is 66.0 Å². The number of anilines is 1. The largest absolute Gasteiger partial charge is 0.349 e. The smallest absolute Gasteiger partial charge is 0.173 e. The van der Waals surface area contributed by atoms with Crippen molar-refractivity contribution in [1.29, 1.82) is 0 Å². The van der Waals surface area contributed by atoms with Gasteiger partial charge in [-0.15, -0.1) is 0 Å². The van der Waals surface area contributed by atoms with Crippen LogP contribution < -0.4 is 5.32 Å². The van der Waals surface area contributed by atoms with Crippen molar-refractivity contribution in [2.45, 2.75) is 19.3 Å². The minimum absolute atomic E-state index is 0.233. The summed E-state index contributed by atoms with van der Waals surface area (Å²) in [6.07, 6.45) is 3.45. The van der Waals surface area contributed by atoms with E-state index in [2.05, 4.69) is 40.5 Å². The van der Waals surface area contributed by atoms with Gasteiger partial charge in [0.25, 0.3) is 0 Å². The van der Waals surface area contributed by atoms with Gasteiger partial charge in [-0.2, -0.15) is 0 Å². The Morgan fingerprint density at radius 2 is 1.70 bits per heavy atom. The number of halogens is 1. The zero-order chi connectivity index (χ0) is 16.1. The first kappa shape index (κ1) is 15.9. The lowest BCUT2D eigenvalue weighted by molar-refractivity contribution is 0.268. The zero-order valence-electron chi connectivity index (χ0n) is 13.0. The van der Waals surface area contributed by atoms with Crippen molar-refractivity contribution in [3.8, 4) is 0 Å². The van der Waals surface area contributed by atoms with Gasteiger partial charge in [-0.3, -0.25) is 0 Å². The number of thiocarbonyl (C=S) groups is 1. The van der Waals surface area contributed by atoms with Gasteiger partial charge in [0, 0.05) is 18.8 Å². The third kappa shape index (κ3) is 4.52. The zero-order valence-corrected chi connectivity index (χ0v) is 13.9. The second-order valence-corrected chi connectivity index (χ2v) is 6.44. The van der Waals surface area contributed by atoms with E-state index in [-0.39, 0.29) is 5.82 Å². The minimum Gasteiger partial charge on any atom is -0.349 e. The van der Waals surface area contributed by atoms with Crippen LogP contribution in [0.15, 0.2) is 54.6 Å². The molecule has 1 saturated heterocycles. The van der Waals surface area contributed by atoms with E-state index in [0.29, 0.717) is 0 Å². The monoisotopic (exact) mass is 328 g/mol. The summed E-state index contributed by atoms with van der Waals surface area (Å²) in [5.74, 6) is 0.491. The molecule has 1 aliphatic heterocycles. The molecule has 0 aromatic heterocycles. The van der Waals surface area contributed by atoms with E-state index in [9.17, 15) is 4.39 Å². The van der Waals surface area contributed by atoms with Gasteiger partial charge >= 0.3 is 0 Å². The predicted molar refractivity (Wildman–Crippen MR) is 97.1 cm³/mol. The van der Waals surface area contributed by atoms with E-state index in [1.54, 1.807) is 12.1 Å². The first-order valence-corrected chi connectivity index (χ1v) is 8.47. The summed E-state index contributed by atoms with van der Waals surface area (Å²) in [6.45, 7) is 1.95. The fourth-order valence-electron chi connectivity index (χ4n) is 3.02. The highest BCUT2D eigenvalue weighted by Gasteiger charge is 2.21. The molecule has 3 rings (SSSR count). The molecule has 0 radical (unpaired) electrons. The number of nitrogens with zero attached hydrogens (tertiary/aromatic N) is 1. The highest BCUT2D eigenvalue weighted by Crippen LogP contribution is 2.22. The molecule has 2 nitrogen and oxygen atoms in total. The number of hydrogen-bond acceptors (Lipinski definition) is 1. The topological polar surface area (TPSA) is 15.3 Å². The van der Waals surface area contributed by atoms with Crippen LogP contribution in [-0.2, 0) is 6.42 Å². The molecule has 0 atom stereocenters. The molecule has 2 aromatic rings. The number of hydrogen-bond donors (Lipinski definition) is 1. The van der Waals surface area contributed by atoms with Crippen molar-refractivity contribution in [3.63, 3.8) is 0 Å². The Bertz CT molecular complexity index is 634. The predicted octanol–water partition coefficient (Wildman–Crippen LogP) is 4.48. The van der Waals surface area contributed by atoms with Crippen LogP contribution in [0.2, 0.25) is 0 Å². The molecule has 120 valence electrons. The Morgan fingerprint density at radius 3 is 2.35 bits per heavy atom. The summed E-state index contributed by atoms with van der Waals surface area (Å²) in [6, 6.07) is 17.0. The van der Waals surface area contributed by atoms with Crippen molar-refractivity contribution < 1.29 is 4.39 Å². The number of likely N-dealkylation sites (tertiary alicyclic amines) is 1. The van der Waals surface area contributed by atoms with Crippen LogP contribution in [0.4, 0.5) is 10.1 Å². The van der Waals surface area contributed by atoms with Gasteiger partial charge in [0.15, 0.2) is 5.11 Å². The first-order valence-electron chi connectivity index (χ1n) is 8.06. The molecule has 23 heavy (non-hydrogen) atoms. The van der Waals surface area contributed by atoms with Crippen LogP contribution >= 0.6 is 12.2 Å². The number of piperidine rings is 1. The second-order valence-electron chi connectivity index (χ2n) is 6.06. The third-order valence-corrected chi connectivity index (χ3v) is 4.72. The molecule has 1 fully saturated rings. The van der Waals surface area contributed by atoms with Crippen molar-refractivity contribution in [2.24, 2.45) is 5.92 Å². The lowest BCUT2D eigenvalue weighted by Gasteiger charge is -2.34. The molecule has 2 aromatic carbocycles. The van der Waals surface area contributed by atoms with Crippen LogP contribution in [0.5, 0.6) is 0 Å². The highest BCUT2D eigenvalue weighted by molar-refractivity contribution is 7.80. The Labute approximate surface area is 142 Å². The van der Waals surface area contributed by atoms with E-state index >= 15 is 0 Å². The maximum atomic E-state index is 12.9. The average molecular weight is 328 g/mol. The SMILES string of the molecule is Fc1ccc(NC(=S)N2CCC(Cc3ccccc3)CC2)cc1. The van der Waals surface area contributed by atoms with E-state index < -0.39 is 0 Å². The van der Waals surface area contributed by atoms with E-state index in [1.807, 2.05) is 0 Å². The van der Waals surface area contributed by atoms with Gasteiger partial charge in [-0.1, -0.05) is 30.3 Å². The number of rotatable bonds is 3. The standard InChI is InChI=1S/C19H21FN2S/c20-17-6-8-18(9-7-17)21-19(23)22-12-10-16(11-13-22)14-15-4-2-1-3-5-15/h1-9,16H,10-14H2,(H,21,23). The number of benzene rings is 2. The summed E-state index contributed by atoms with van der Waals surface area (Å²) in [7, 11) is 0. The van der Waals surface area contributed by atoms with E-state index in [4.69, 9.17) is 12.2 Å². The van der Waals surface area contributed by atoms with Crippen LogP contribution in [0, 0.1) is 11.7 Å². The van der Waals surface area contributed by atoms with Crippen LogP contribution in [-0.4, -0.2) is 23.1 Å². The quantitative estimate of drug-likeness (QED) is 0.837. The summed E-state index contributed by atoms with van der Waals surface area (Å²) in [5.41, 5.74) is 2.25. The Morgan fingerprint density at radius 1 is 1.04 bits per heavy atom. The minimum atomic E-state index is -0.233. The van der Waals surface area contributed by atoms with Gasteiger partial charge in [0.1, 0.15) is 5.82 Å². The molecular formula is C19H21FN2S. The summed E-state index contributed by atoms with van der Waals surface area (Å²) >= 11 is 5.48. The molecule has 1 aliphatic rings. The molecular weight excluding hydrogens is 307 g/mol. The normalized spacial score (nSPS) is 15.4. The molecule has 1 heterocycles. The molecule has 0 aliphatic carbocycles. The first-order chi connectivity index (χ1) is 11.2. The Kier molecular flexibility index (Phi) is 5.23. The van der Waals surface area contributed by atoms with Crippen LogP contribution in [0.3, 0.4) is 0 Å². The second kappa shape index (κ2) is 7.55. The maximum Gasteiger partial charge on any atom is 0.173 e. The molecule has 1 N–H and O–H groups in total. The van der Waals surface area contributed by atoms with Gasteiger partial charge in [0.2, 0.25) is 0 Å². The lowest BCUT2D eigenvalue weighted by atomic mass is 9.90. The van der Waals surface area contributed by atoms with Gasteiger partial charge in [-0.25, -0.2) is 4.39 Å². The maximum absolute atomic E-state index is 12.9. The van der Waals surface area contributed by atoms with Crippen LogP contribution in [0.25, 0.3) is 0 Å². The molecule has 4 heteroatoms. The molecule has 0 spiro atoms. The Balaban J connectivity index is 1.48. The lowest BCUT2D eigenvalue weighted by Crippen LogP contribution is -2.41. The Hall–Kier alpha value is -1.94. The summed E-state index contributed by atoms with van der Waals surface area (Å²) in [5, 5.41) is 3.93. The van der Waals surface area contributed by atoms with Gasteiger partial charge < -0.3 is 10.2 Å². The molecule has 0 saturated carbocycles. The summed E-state index contributed by atoms with van der Waals surface area (Å²) < 4.78 is 12.9. The fourth-order valence-corrected chi connectivity index (χ4v) is 3.32. The van der Waals surface area contributed by atoms with E-state index in [1.165, 1.54) is 17.7 Å². The molecule has 0 amide bonds. The van der Waals surface area contributed by atoms with Crippen molar-refractivity contribution in [1.82, 2.24) is 4.90 Å². The van der Waals surface area contributed by atoms with Crippen LogP contribution in [0.1, 0.15) is 18.4 Å². The number of nitrogens with one attached hydrogen (secondary N) is 1. The third-order valence-electron chi connectivity index (χ3n) is 4.36. The fraction of sp³-hybridized carbons (Fsp3) is 0.316. The van der Waals surface area contributed by atoms with Crippen molar-refractivity contribution in [2.75, 3.05) is 18.4 Å². The average Bonchev–Trinajstić information content (AvgIpc) is 2.58. The molecule has 0 bridgehead atoms. The van der Waals surface area contributed by atoms with Gasteiger partial charge in [-0.05, 0) is 67.2 Å².